The van der Waals surface area contributed by atoms with Crippen molar-refractivity contribution in [2.75, 3.05) is 14.2 Å². The lowest BCUT2D eigenvalue weighted by atomic mass is 10.0. The van der Waals surface area contributed by atoms with Crippen molar-refractivity contribution in [3.8, 4) is 11.5 Å². The van der Waals surface area contributed by atoms with Crippen LogP contribution in [0.1, 0.15) is 32.2 Å². The van der Waals surface area contributed by atoms with Gasteiger partial charge in [0.2, 0.25) is 0 Å². The molecule has 3 rings (SSSR count). The van der Waals surface area contributed by atoms with E-state index in [2.05, 4.69) is 0 Å². The monoisotopic (exact) mass is 378 g/mol. The summed E-state index contributed by atoms with van der Waals surface area (Å²) in [4.78, 5) is 25.3. The Morgan fingerprint density at radius 2 is 1.25 bits per heavy atom. The van der Waals surface area contributed by atoms with E-state index < -0.39 is 0 Å². The lowest BCUT2D eigenvalue weighted by molar-refractivity contribution is 0.104. The van der Waals surface area contributed by atoms with Gasteiger partial charge in [-0.25, -0.2) is 0 Å². The molecule has 0 fully saturated rings. The second-order valence-electron chi connectivity index (χ2n) is 5.68. The molecule has 0 radical (unpaired) electrons. The highest BCUT2D eigenvalue weighted by Crippen LogP contribution is 2.30. The molecule has 0 aliphatic heterocycles. The summed E-state index contributed by atoms with van der Waals surface area (Å²) in [5.74, 6) is 1.02. The van der Waals surface area contributed by atoms with Crippen LogP contribution in [-0.2, 0) is 0 Å². The van der Waals surface area contributed by atoms with Crippen LogP contribution in [0.15, 0.2) is 69.9 Å². The molecule has 0 unspecified atom stereocenters. The third-order valence-corrected chi connectivity index (χ3v) is 3.94. The summed E-state index contributed by atoms with van der Waals surface area (Å²) in [5, 5.41) is 0. The van der Waals surface area contributed by atoms with E-state index in [1.165, 1.54) is 51.0 Å². The summed E-state index contributed by atoms with van der Waals surface area (Å²) in [6.45, 7) is 0. The van der Waals surface area contributed by atoms with Crippen molar-refractivity contribution < 1.29 is 27.9 Å². The van der Waals surface area contributed by atoms with Crippen LogP contribution in [0.5, 0.6) is 11.5 Å². The number of carbonyl (C=O) groups is 2. The highest BCUT2D eigenvalue weighted by Gasteiger charge is 2.19. The number of rotatable bonds is 8. The van der Waals surface area contributed by atoms with Crippen molar-refractivity contribution in [2.24, 2.45) is 0 Å². The molecule has 2 heterocycles. The molecule has 1 aromatic carbocycles. The lowest BCUT2D eigenvalue weighted by Gasteiger charge is -2.12. The molecule has 0 saturated heterocycles. The summed E-state index contributed by atoms with van der Waals surface area (Å²) in [6, 6.07) is 9.87. The van der Waals surface area contributed by atoms with Gasteiger partial charge in [-0.2, -0.15) is 0 Å². The van der Waals surface area contributed by atoms with Gasteiger partial charge in [-0.3, -0.25) is 9.59 Å². The van der Waals surface area contributed by atoms with Crippen LogP contribution in [0.4, 0.5) is 0 Å². The van der Waals surface area contributed by atoms with E-state index in [9.17, 15) is 9.59 Å². The highest BCUT2D eigenvalue weighted by molar-refractivity contribution is 6.13. The Balaban J connectivity index is 1.94. The Morgan fingerprint density at radius 1 is 0.786 bits per heavy atom. The van der Waals surface area contributed by atoms with E-state index in [0.717, 1.165) is 0 Å². The predicted molar refractivity (Wildman–Crippen MR) is 104 cm³/mol. The maximum atomic E-state index is 12.6. The summed E-state index contributed by atoms with van der Waals surface area (Å²) < 4.78 is 21.0. The van der Waals surface area contributed by atoms with Crippen LogP contribution in [0.2, 0.25) is 0 Å². The molecule has 142 valence electrons. The number of methoxy groups -OCH3 is 2. The van der Waals surface area contributed by atoms with Gasteiger partial charge in [0.1, 0.15) is 23.0 Å². The second-order valence-corrected chi connectivity index (χ2v) is 5.68. The van der Waals surface area contributed by atoms with Gasteiger partial charge in [-0.1, -0.05) is 0 Å². The topological polar surface area (TPSA) is 78.9 Å². The van der Waals surface area contributed by atoms with E-state index in [1.807, 2.05) is 0 Å². The second kappa shape index (κ2) is 8.73. The largest absolute Gasteiger partial charge is 0.496 e. The van der Waals surface area contributed by atoms with E-state index >= 15 is 0 Å². The number of allylic oxidation sites excluding steroid dienone is 2. The van der Waals surface area contributed by atoms with Gasteiger partial charge in [-0.05, 0) is 54.6 Å². The zero-order chi connectivity index (χ0) is 19.9. The molecule has 0 bridgehead atoms. The first kappa shape index (κ1) is 19.0. The van der Waals surface area contributed by atoms with Crippen molar-refractivity contribution in [3.63, 3.8) is 0 Å². The molecular formula is C22H18O6. The molecule has 0 spiro atoms. The molecule has 0 saturated carbocycles. The van der Waals surface area contributed by atoms with E-state index in [0.29, 0.717) is 23.0 Å². The molecule has 0 atom stereocenters. The normalized spacial score (nSPS) is 11.2. The molecule has 6 nitrogen and oxygen atoms in total. The average Bonchev–Trinajstić information content (AvgIpc) is 3.43. The zero-order valence-electron chi connectivity index (χ0n) is 15.4. The summed E-state index contributed by atoms with van der Waals surface area (Å²) >= 11 is 0. The molecule has 0 amide bonds. The summed E-state index contributed by atoms with van der Waals surface area (Å²) in [5.41, 5.74) is 0.474. The first-order valence-corrected chi connectivity index (χ1v) is 8.40. The fourth-order valence-electron chi connectivity index (χ4n) is 2.55. The maximum Gasteiger partial charge on any atom is 0.189 e. The average molecular weight is 378 g/mol. The minimum Gasteiger partial charge on any atom is -0.496 e. The maximum absolute atomic E-state index is 12.6. The van der Waals surface area contributed by atoms with Crippen molar-refractivity contribution in [3.05, 3.63) is 83.7 Å². The van der Waals surface area contributed by atoms with Gasteiger partial charge in [-0.15, -0.1) is 0 Å². The summed E-state index contributed by atoms with van der Waals surface area (Å²) in [7, 11) is 2.89. The molecule has 0 aliphatic rings. The van der Waals surface area contributed by atoms with Gasteiger partial charge < -0.3 is 18.3 Å². The fraction of sp³-hybridized carbons (Fsp3) is 0.0909. The number of carbonyl (C=O) groups excluding carboxylic acids is 2. The Labute approximate surface area is 161 Å². The smallest absolute Gasteiger partial charge is 0.189 e. The van der Waals surface area contributed by atoms with Crippen molar-refractivity contribution in [1.82, 2.24) is 0 Å². The number of benzene rings is 1. The molecule has 6 heteroatoms. The Bertz CT molecular complexity index is 928. The number of hydrogen-bond donors (Lipinski definition) is 0. The van der Waals surface area contributed by atoms with E-state index in [4.69, 9.17) is 18.3 Å². The number of ether oxygens (including phenoxy) is 2. The van der Waals surface area contributed by atoms with Gasteiger partial charge in [0, 0.05) is 6.07 Å². The fourth-order valence-corrected chi connectivity index (χ4v) is 2.55. The van der Waals surface area contributed by atoms with Crippen LogP contribution in [0, 0.1) is 0 Å². The molecule has 0 N–H and O–H groups in total. The number of furan rings is 2. The SMILES string of the molecule is COc1cc(OC)c(C(=O)/C=C/c2ccco2)cc1C(=O)/C=C/c1ccco1. The van der Waals surface area contributed by atoms with Crippen molar-refractivity contribution in [2.45, 2.75) is 0 Å². The predicted octanol–water partition coefficient (Wildman–Crippen LogP) is 4.68. The third kappa shape index (κ3) is 4.29. The number of ketones is 2. The third-order valence-electron chi connectivity index (χ3n) is 3.94. The van der Waals surface area contributed by atoms with Crippen molar-refractivity contribution in [1.29, 1.82) is 0 Å². The Morgan fingerprint density at radius 3 is 1.61 bits per heavy atom. The van der Waals surface area contributed by atoms with Crippen LogP contribution >= 0.6 is 0 Å². The van der Waals surface area contributed by atoms with Gasteiger partial charge >= 0.3 is 0 Å². The zero-order valence-corrected chi connectivity index (χ0v) is 15.4. The van der Waals surface area contributed by atoms with E-state index in [-0.39, 0.29) is 22.7 Å². The standard InChI is InChI=1S/C22H18O6/c1-25-21-14-22(26-2)18(20(24)10-8-16-6-4-12-28-16)13-17(21)19(23)9-7-15-5-3-11-27-15/h3-14H,1-2H3/b9-7+,10-8+. The molecule has 3 aromatic rings. The van der Waals surface area contributed by atoms with Gasteiger partial charge in [0.05, 0.1) is 37.9 Å². The molecular weight excluding hydrogens is 360 g/mol. The highest BCUT2D eigenvalue weighted by atomic mass is 16.5. The quantitative estimate of drug-likeness (QED) is 0.418. The molecule has 28 heavy (non-hydrogen) atoms. The van der Waals surface area contributed by atoms with Crippen LogP contribution in [-0.4, -0.2) is 25.8 Å². The van der Waals surface area contributed by atoms with E-state index in [1.54, 1.807) is 36.4 Å². The van der Waals surface area contributed by atoms with Crippen LogP contribution < -0.4 is 9.47 Å². The first-order chi connectivity index (χ1) is 13.6. The van der Waals surface area contributed by atoms with Crippen LogP contribution in [0.25, 0.3) is 12.2 Å². The van der Waals surface area contributed by atoms with Gasteiger partial charge in [0.25, 0.3) is 0 Å². The van der Waals surface area contributed by atoms with Gasteiger partial charge in [0.15, 0.2) is 11.6 Å². The van der Waals surface area contributed by atoms with Crippen LogP contribution in [0.3, 0.4) is 0 Å². The number of hydrogen-bond acceptors (Lipinski definition) is 6. The molecule has 2 aromatic heterocycles. The first-order valence-electron chi connectivity index (χ1n) is 8.40. The van der Waals surface area contributed by atoms with Crippen molar-refractivity contribution >= 4 is 23.7 Å². The Hall–Kier alpha value is -3.80. The minimum atomic E-state index is -0.333. The lowest BCUT2D eigenvalue weighted by Crippen LogP contribution is -2.05. The Kier molecular flexibility index (Phi) is 5.91. The molecule has 0 aliphatic carbocycles. The minimum absolute atomic E-state index is 0.237. The summed E-state index contributed by atoms with van der Waals surface area (Å²) in [6.07, 6.45) is 8.83.